The zero-order valence-corrected chi connectivity index (χ0v) is 21.7. The summed E-state index contributed by atoms with van der Waals surface area (Å²) in [7, 11) is 0. The molecule has 2 heterocycles. The van der Waals surface area contributed by atoms with Crippen molar-refractivity contribution in [1.82, 2.24) is 9.99 Å². The third-order valence-corrected chi connectivity index (χ3v) is 5.92. The van der Waals surface area contributed by atoms with Crippen molar-refractivity contribution in [3.8, 4) is 17.2 Å². The van der Waals surface area contributed by atoms with Gasteiger partial charge in [-0.15, -0.1) is 0 Å². The summed E-state index contributed by atoms with van der Waals surface area (Å²) in [5, 5.41) is 13.1. The average molecular weight is 536 g/mol. The molecule has 0 fully saturated rings. The molecule has 0 radical (unpaired) electrons. The van der Waals surface area contributed by atoms with Crippen LogP contribution < -0.4 is 14.9 Å². The zero-order valence-electron chi connectivity index (χ0n) is 21.0. The lowest BCUT2D eigenvalue weighted by atomic mass is 10.2. The molecule has 0 aliphatic rings. The fourth-order valence-electron chi connectivity index (χ4n) is 3.65. The van der Waals surface area contributed by atoms with Gasteiger partial charge in [0.15, 0.2) is 11.9 Å². The highest BCUT2D eigenvalue weighted by molar-refractivity contribution is 6.32. The van der Waals surface area contributed by atoms with Crippen LogP contribution in [0.4, 0.5) is 0 Å². The van der Waals surface area contributed by atoms with Gasteiger partial charge in [-0.3, -0.25) is 4.79 Å². The van der Waals surface area contributed by atoms with Crippen LogP contribution >= 0.6 is 11.6 Å². The number of halogens is 1. The molecule has 0 unspecified atom stereocenters. The first-order valence-corrected chi connectivity index (χ1v) is 12.1. The van der Waals surface area contributed by atoms with Gasteiger partial charge in [-0.1, -0.05) is 11.6 Å². The second-order valence-corrected chi connectivity index (χ2v) is 8.89. The Morgan fingerprint density at radius 1 is 1.08 bits per heavy atom. The molecule has 0 bridgehead atoms. The lowest BCUT2D eigenvalue weighted by molar-refractivity contribution is -0.144. The van der Waals surface area contributed by atoms with Gasteiger partial charge in [0.2, 0.25) is 0 Å². The Bertz CT molecular complexity index is 1450. The van der Waals surface area contributed by atoms with Gasteiger partial charge in [-0.2, -0.15) is 5.10 Å². The van der Waals surface area contributed by atoms with Crippen molar-refractivity contribution in [2.75, 3.05) is 0 Å². The normalized spacial score (nSPS) is 11.9. The summed E-state index contributed by atoms with van der Waals surface area (Å²) < 4.78 is 18.8. The molecule has 1 atom stereocenters. The van der Waals surface area contributed by atoms with E-state index in [2.05, 4.69) is 41.1 Å². The van der Waals surface area contributed by atoms with Crippen LogP contribution in [0.1, 0.15) is 40.2 Å². The van der Waals surface area contributed by atoms with E-state index in [4.69, 9.17) is 30.6 Å². The Hall–Kier alpha value is -4.50. The van der Waals surface area contributed by atoms with Crippen LogP contribution in [0, 0.1) is 13.8 Å². The van der Waals surface area contributed by atoms with Crippen molar-refractivity contribution in [2.45, 2.75) is 33.5 Å². The van der Waals surface area contributed by atoms with Crippen molar-refractivity contribution in [3.63, 3.8) is 0 Å². The van der Waals surface area contributed by atoms with Gasteiger partial charge < -0.3 is 23.6 Å². The van der Waals surface area contributed by atoms with Gasteiger partial charge in [-0.05, 0) is 93.1 Å². The van der Waals surface area contributed by atoms with Crippen molar-refractivity contribution in [1.29, 1.82) is 0 Å². The number of furan rings is 1. The number of hydrogen-bond donors (Lipinski definition) is 2. The Morgan fingerprint density at radius 3 is 2.45 bits per heavy atom. The number of nitrogens with zero attached hydrogens (tertiary/aromatic N) is 2. The van der Waals surface area contributed by atoms with Crippen LogP contribution in [0.2, 0.25) is 5.02 Å². The number of ether oxygens (including phenoxy) is 2. The van der Waals surface area contributed by atoms with E-state index in [1.54, 1.807) is 12.1 Å². The van der Waals surface area contributed by atoms with Crippen molar-refractivity contribution < 1.29 is 28.6 Å². The van der Waals surface area contributed by atoms with Crippen molar-refractivity contribution >= 4 is 29.7 Å². The number of hydrogen-bond acceptors (Lipinski definition) is 6. The predicted octanol–water partition coefficient (Wildman–Crippen LogP) is 5.54. The molecule has 0 aliphatic carbocycles. The van der Waals surface area contributed by atoms with Gasteiger partial charge in [-0.25, -0.2) is 10.2 Å². The molecule has 0 saturated heterocycles. The first kappa shape index (κ1) is 26.6. The number of aliphatic carboxylic acids is 1. The van der Waals surface area contributed by atoms with Crippen molar-refractivity contribution in [2.24, 2.45) is 5.10 Å². The molecule has 38 heavy (non-hydrogen) atoms. The van der Waals surface area contributed by atoms with Crippen molar-refractivity contribution in [3.05, 3.63) is 100 Å². The van der Waals surface area contributed by atoms with E-state index in [0.29, 0.717) is 17.1 Å². The van der Waals surface area contributed by atoms with Crippen LogP contribution in [0.5, 0.6) is 11.5 Å². The summed E-state index contributed by atoms with van der Waals surface area (Å²) in [6.07, 6.45) is 0.348. The number of benzene rings is 2. The van der Waals surface area contributed by atoms with Gasteiger partial charge in [0.25, 0.3) is 0 Å². The molecular formula is C28H26ClN3O6. The molecule has 9 nitrogen and oxygen atoms in total. The molecular weight excluding hydrogens is 510 g/mol. The molecule has 2 aromatic carbocycles. The van der Waals surface area contributed by atoms with Gasteiger partial charge >= 0.3 is 11.9 Å². The van der Waals surface area contributed by atoms with Gasteiger partial charge in [0.05, 0.1) is 11.2 Å². The van der Waals surface area contributed by atoms with E-state index < -0.39 is 18.0 Å². The van der Waals surface area contributed by atoms with Crippen LogP contribution in [-0.2, 0) is 11.4 Å². The first-order valence-electron chi connectivity index (χ1n) is 11.7. The number of nitrogens with one attached hydrogen (secondary N) is 1. The third kappa shape index (κ3) is 6.43. The zero-order chi connectivity index (χ0) is 27.2. The molecule has 0 aliphatic heterocycles. The number of hydrazone groups is 1. The van der Waals surface area contributed by atoms with E-state index in [-0.39, 0.29) is 23.1 Å². The minimum Gasteiger partial charge on any atom is -0.486 e. The van der Waals surface area contributed by atoms with E-state index in [9.17, 15) is 9.59 Å². The molecule has 0 spiro atoms. The molecule has 2 aromatic heterocycles. The summed E-state index contributed by atoms with van der Waals surface area (Å²) in [6.45, 7) is 5.68. The summed E-state index contributed by atoms with van der Waals surface area (Å²) in [4.78, 5) is 23.3. The van der Waals surface area contributed by atoms with E-state index in [0.717, 1.165) is 17.1 Å². The molecule has 1 amide bonds. The Morgan fingerprint density at radius 2 is 1.79 bits per heavy atom. The number of carbonyl (C=O) groups is 2. The number of carboxylic acid groups (broad SMARTS) is 1. The minimum absolute atomic E-state index is 0.0825. The van der Waals surface area contributed by atoms with Gasteiger partial charge in [0.1, 0.15) is 23.9 Å². The molecule has 0 saturated carbocycles. The largest absolute Gasteiger partial charge is 0.486 e. The number of rotatable bonds is 10. The summed E-state index contributed by atoms with van der Waals surface area (Å²) >= 11 is 6.14. The number of aromatic nitrogens is 1. The van der Waals surface area contributed by atoms with E-state index >= 15 is 0 Å². The minimum atomic E-state index is -1.10. The molecule has 10 heteroatoms. The van der Waals surface area contributed by atoms with E-state index in [1.807, 2.05) is 24.3 Å². The molecule has 196 valence electrons. The quantitative estimate of drug-likeness (QED) is 0.204. The molecule has 4 rings (SSSR count). The maximum Gasteiger partial charge on any atom is 0.344 e. The summed E-state index contributed by atoms with van der Waals surface area (Å²) in [6, 6.07) is 19.8. The fourth-order valence-corrected chi connectivity index (χ4v) is 3.89. The smallest absolute Gasteiger partial charge is 0.344 e. The standard InChI is InChI=1S/C28H26ClN3O6/c1-17-4-5-18(2)32(17)21-7-9-22(10-8-21)36-16-23-11-13-26(38-23)27(33)31-30-15-20-6-12-25(24(29)14-20)37-19(3)28(34)35/h4-15,19H,16H2,1-3H3,(H,31,33)(H,34,35)/b30-15+/t19-/m1/s1. The highest BCUT2D eigenvalue weighted by Crippen LogP contribution is 2.26. The number of carbonyl (C=O) groups excluding carboxylic acids is 1. The molecule has 2 N–H and O–H groups in total. The predicted molar refractivity (Wildman–Crippen MR) is 143 cm³/mol. The van der Waals surface area contributed by atoms with Crippen LogP contribution in [0.15, 0.2) is 76.2 Å². The fraction of sp³-hybridized carbons (Fsp3) is 0.179. The highest BCUT2D eigenvalue weighted by atomic mass is 35.5. The van der Waals surface area contributed by atoms with Crippen LogP contribution in [0.25, 0.3) is 5.69 Å². The number of carboxylic acids is 1. The Kier molecular flexibility index (Phi) is 8.18. The Balaban J connectivity index is 1.29. The van der Waals surface area contributed by atoms with Crippen LogP contribution in [-0.4, -0.2) is 33.9 Å². The topological polar surface area (TPSA) is 115 Å². The van der Waals surface area contributed by atoms with Gasteiger partial charge in [0, 0.05) is 17.1 Å². The monoisotopic (exact) mass is 535 g/mol. The average Bonchev–Trinajstić information content (AvgIpc) is 3.50. The summed E-state index contributed by atoms with van der Waals surface area (Å²) in [5.41, 5.74) is 6.32. The lowest BCUT2D eigenvalue weighted by Gasteiger charge is -2.11. The lowest BCUT2D eigenvalue weighted by Crippen LogP contribution is -2.23. The number of amides is 1. The SMILES string of the molecule is Cc1ccc(C)n1-c1ccc(OCc2ccc(C(=O)N/N=C/c3ccc(O[C@H](C)C(=O)O)c(Cl)c3)o2)cc1. The Labute approximate surface area is 224 Å². The first-order chi connectivity index (χ1) is 18.2. The maximum atomic E-state index is 12.4. The molecule has 4 aromatic rings. The third-order valence-electron chi connectivity index (χ3n) is 5.62. The second-order valence-electron chi connectivity index (χ2n) is 8.49. The maximum absolute atomic E-state index is 12.4. The highest BCUT2D eigenvalue weighted by Gasteiger charge is 2.15. The van der Waals surface area contributed by atoms with E-state index in [1.165, 1.54) is 31.3 Å². The van der Waals surface area contributed by atoms with Crippen LogP contribution in [0.3, 0.4) is 0 Å². The number of aryl methyl sites for hydroxylation is 2. The second kappa shape index (κ2) is 11.7. The summed E-state index contributed by atoms with van der Waals surface area (Å²) in [5.74, 6) is -0.159.